The Hall–Kier alpha value is -2.61. The Morgan fingerprint density at radius 2 is 2.31 bits per heavy atom. The summed E-state index contributed by atoms with van der Waals surface area (Å²) in [4.78, 5) is 12.6. The number of H-pyrrole nitrogens is 1. The molecule has 1 heterocycles. The van der Waals surface area contributed by atoms with Crippen molar-refractivity contribution in [2.75, 3.05) is 0 Å². The lowest BCUT2D eigenvalue weighted by Crippen LogP contribution is -1.81. The van der Waals surface area contributed by atoms with Gasteiger partial charge in [-0.15, -0.1) is 0 Å². The molecule has 78 valence electrons. The van der Waals surface area contributed by atoms with Crippen LogP contribution in [0.15, 0.2) is 30.6 Å². The zero-order chi connectivity index (χ0) is 11.5. The third-order valence-electron chi connectivity index (χ3n) is 2.24. The van der Waals surface area contributed by atoms with Crippen LogP contribution in [-0.4, -0.2) is 9.91 Å². The van der Waals surface area contributed by atoms with E-state index in [2.05, 4.69) is 11.1 Å². The first kappa shape index (κ1) is 9.93. The van der Waals surface area contributed by atoms with Gasteiger partial charge in [0.05, 0.1) is 16.0 Å². The van der Waals surface area contributed by atoms with Crippen molar-refractivity contribution in [3.05, 3.63) is 51.8 Å². The summed E-state index contributed by atoms with van der Waals surface area (Å²) >= 11 is 0. The number of nitrogens with one attached hydrogen (secondary N) is 1. The SMILES string of the molecule is N#Cc1cccc2c(C=C[N+](=O)[O-])c[nH]c12. The van der Waals surface area contributed by atoms with Gasteiger partial charge in [-0.3, -0.25) is 10.1 Å². The van der Waals surface area contributed by atoms with Crippen LogP contribution in [-0.2, 0) is 0 Å². The topological polar surface area (TPSA) is 82.7 Å². The van der Waals surface area contributed by atoms with Crippen LogP contribution in [0, 0.1) is 21.4 Å². The van der Waals surface area contributed by atoms with E-state index in [1.807, 2.05) is 6.07 Å². The first-order valence-corrected chi connectivity index (χ1v) is 4.54. The van der Waals surface area contributed by atoms with Gasteiger partial charge in [0.2, 0.25) is 6.20 Å². The molecule has 0 aliphatic carbocycles. The summed E-state index contributed by atoms with van der Waals surface area (Å²) in [7, 11) is 0. The van der Waals surface area contributed by atoms with E-state index in [4.69, 9.17) is 5.26 Å². The van der Waals surface area contributed by atoms with E-state index in [9.17, 15) is 10.1 Å². The third-order valence-corrected chi connectivity index (χ3v) is 2.24. The summed E-state index contributed by atoms with van der Waals surface area (Å²) in [5.41, 5.74) is 1.93. The molecule has 0 fully saturated rings. The molecular formula is C11H7N3O2. The lowest BCUT2D eigenvalue weighted by molar-refractivity contribution is -0.400. The molecule has 2 aromatic rings. The van der Waals surface area contributed by atoms with Crippen LogP contribution < -0.4 is 0 Å². The molecule has 1 aromatic carbocycles. The second-order valence-corrected chi connectivity index (χ2v) is 3.19. The molecule has 0 amide bonds. The van der Waals surface area contributed by atoms with E-state index in [0.717, 1.165) is 11.6 Å². The fourth-order valence-electron chi connectivity index (χ4n) is 1.55. The fraction of sp³-hybridized carbons (Fsp3) is 0. The van der Waals surface area contributed by atoms with Gasteiger partial charge in [-0.25, -0.2) is 0 Å². The van der Waals surface area contributed by atoms with Gasteiger partial charge in [-0.1, -0.05) is 12.1 Å². The molecule has 0 bridgehead atoms. The minimum Gasteiger partial charge on any atom is -0.359 e. The Morgan fingerprint density at radius 3 is 3.00 bits per heavy atom. The molecule has 5 heteroatoms. The molecular weight excluding hydrogens is 206 g/mol. The van der Waals surface area contributed by atoms with Crippen molar-refractivity contribution >= 4 is 17.0 Å². The fourth-order valence-corrected chi connectivity index (χ4v) is 1.55. The van der Waals surface area contributed by atoms with Crippen LogP contribution in [0.2, 0.25) is 0 Å². The van der Waals surface area contributed by atoms with E-state index in [1.165, 1.54) is 6.08 Å². The Labute approximate surface area is 90.8 Å². The summed E-state index contributed by atoms with van der Waals surface area (Å²) in [5, 5.41) is 19.9. The summed E-state index contributed by atoms with van der Waals surface area (Å²) in [6, 6.07) is 7.31. The number of rotatable bonds is 2. The molecule has 5 nitrogen and oxygen atoms in total. The van der Waals surface area contributed by atoms with Crippen molar-refractivity contribution in [2.45, 2.75) is 0 Å². The largest absolute Gasteiger partial charge is 0.359 e. The van der Waals surface area contributed by atoms with Crippen LogP contribution >= 0.6 is 0 Å². The van der Waals surface area contributed by atoms with E-state index in [0.29, 0.717) is 16.6 Å². The molecule has 16 heavy (non-hydrogen) atoms. The summed E-state index contributed by atoms with van der Waals surface area (Å²) in [6.07, 6.45) is 3.92. The number of hydrogen-bond donors (Lipinski definition) is 1. The highest BCUT2D eigenvalue weighted by molar-refractivity contribution is 5.92. The van der Waals surface area contributed by atoms with Gasteiger partial charge in [0, 0.05) is 23.2 Å². The summed E-state index contributed by atoms with van der Waals surface area (Å²) in [6.45, 7) is 0. The summed E-state index contributed by atoms with van der Waals surface area (Å²) < 4.78 is 0. The quantitative estimate of drug-likeness (QED) is 0.613. The van der Waals surface area contributed by atoms with Crippen molar-refractivity contribution in [1.29, 1.82) is 5.26 Å². The van der Waals surface area contributed by atoms with Gasteiger partial charge in [-0.2, -0.15) is 5.26 Å². The number of nitrogens with zero attached hydrogens (tertiary/aromatic N) is 2. The van der Waals surface area contributed by atoms with Crippen LogP contribution in [0.25, 0.3) is 17.0 Å². The number of nitriles is 1. The Balaban J connectivity index is 2.58. The average molecular weight is 213 g/mol. The predicted octanol–water partition coefficient (Wildman–Crippen LogP) is 2.29. The smallest absolute Gasteiger partial charge is 0.235 e. The van der Waals surface area contributed by atoms with Crippen LogP contribution in [0.1, 0.15) is 11.1 Å². The number of fused-ring (bicyclic) bond motifs is 1. The lowest BCUT2D eigenvalue weighted by atomic mass is 10.1. The van der Waals surface area contributed by atoms with Crippen LogP contribution in [0.5, 0.6) is 0 Å². The number of nitro groups is 1. The molecule has 0 aliphatic rings. The van der Waals surface area contributed by atoms with E-state index in [1.54, 1.807) is 18.3 Å². The molecule has 1 N–H and O–H groups in total. The molecule has 0 aliphatic heterocycles. The number of hydrogen-bond acceptors (Lipinski definition) is 3. The molecule has 0 atom stereocenters. The number of benzene rings is 1. The number of aromatic nitrogens is 1. The van der Waals surface area contributed by atoms with Gasteiger partial charge in [0.1, 0.15) is 6.07 Å². The van der Waals surface area contributed by atoms with Gasteiger partial charge < -0.3 is 4.98 Å². The summed E-state index contributed by atoms with van der Waals surface area (Å²) in [5.74, 6) is 0. The van der Waals surface area contributed by atoms with Crippen molar-refractivity contribution in [1.82, 2.24) is 4.98 Å². The highest BCUT2D eigenvalue weighted by atomic mass is 16.6. The van der Waals surface area contributed by atoms with E-state index < -0.39 is 4.92 Å². The Morgan fingerprint density at radius 1 is 1.50 bits per heavy atom. The van der Waals surface area contributed by atoms with Gasteiger partial charge in [0.25, 0.3) is 0 Å². The zero-order valence-electron chi connectivity index (χ0n) is 8.18. The highest BCUT2D eigenvalue weighted by Crippen LogP contribution is 2.22. The molecule has 0 saturated carbocycles. The highest BCUT2D eigenvalue weighted by Gasteiger charge is 2.05. The maximum absolute atomic E-state index is 10.2. The van der Waals surface area contributed by atoms with Gasteiger partial charge in [0.15, 0.2) is 0 Å². The first-order chi connectivity index (χ1) is 7.72. The second-order valence-electron chi connectivity index (χ2n) is 3.19. The molecule has 0 radical (unpaired) electrons. The monoisotopic (exact) mass is 213 g/mol. The van der Waals surface area contributed by atoms with E-state index >= 15 is 0 Å². The second kappa shape index (κ2) is 3.87. The molecule has 0 unspecified atom stereocenters. The number of aromatic amines is 1. The van der Waals surface area contributed by atoms with Gasteiger partial charge >= 0.3 is 0 Å². The van der Waals surface area contributed by atoms with Crippen LogP contribution in [0.3, 0.4) is 0 Å². The Bertz CT molecular complexity index is 620. The van der Waals surface area contributed by atoms with E-state index in [-0.39, 0.29) is 0 Å². The van der Waals surface area contributed by atoms with Crippen molar-refractivity contribution in [3.63, 3.8) is 0 Å². The van der Waals surface area contributed by atoms with Crippen molar-refractivity contribution in [3.8, 4) is 6.07 Å². The molecule has 0 saturated heterocycles. The molecule has 2 rings (SSSR count). The standard InChI is InChI=1S/C11H7N3O2/c12-6-8-2-1-3-10-9(4-5-14(15)16)7-13-11(8)10/h1-5,7,13H. The van der Waals surface area contributed by atoms with Crippen molar-refractivity contribution in [2.24, 2.45) is 0 Å². The van der Waals surface area contributed by atoms with Gasteiger partial charge in [-0.05, 0) is 6.07 Å². The minimum absolute atomic E-state index is 0.521. The maximum atomic E-state index is 10.2. The molecule has 0 spiro atoms. The average Bonchev–Trinajstić information content (AvgIpc) is 2.69. The molecule has 1 aromatic heterocycles. The predicted molar refractivity (Wildman–Crippen MR) is 59.0 cm³/mol. The first-order valence-electron chi connectivity index (χ1n) is 4.54. The van der Waals surface area contributed by atoms with Crippen molar-refractivity contribution < 1.29 is 4.92 Å². The minimum atomic E-state index is -0.521. The number of para-hydroxylation sites is 1. The third kappa shape index (κ3) is 1.64. The maximum Gasteiger partial charge on any atom is 0.235 e. The zero-order valence-corrected chi connectivity index (χ0v) is 8.18. The Kier molecular flexibility index (Phi) is 2.40. The normalized spacial score (nSPS) is 10.7. The van der Waals surface area contributed by atoms with Crippen LogP contribution in [0.4, 0.5) is 0 Å². The lowest BCUT2D eigenvalue weighted by Gasteiger charge is -1.92.